The van der Waals surface area contributed by atoms with Crippen molar-refractivity contribution in [3.8, 4) is 0 Å². The van der Waals surface area contributed by atoms with Gasteiger partial charge < -0.3 is 4.90 Å². The maximum atomic E-state index is 12.8. The van der Waals surface area contributed by atoms with Gasteiger partial charge in [-0.15, -0.1) is 0 Å². The molecule has 2 rings (SSSR count). The smallest absolute Gasteiger partial charge is 0.292 e. The Bertz CT molecular complexity index is 540. The normalized spacial score (nSPS) is 20.7. The fourth-order valence-corrected chi connectivity index (χ4v) is 2.90. The van der Waals surface area contributed by atoms with Gasteiger partial charge in [0.1, 0.15) is 0 Å². The minimum atomic E-state index is -0.326. The van der Waals surface area contributed by atoms with E-state index in [2.05, 4.69) is 37.8 Å². The third-order valence-electron chi connectivity index (χ3n) is 4.70. The molecule has 1 aliphatic heterocycles. The molecule has 0 bridgehead atoms. The SMILES string of the molecule is CC(C)c1nc2n(n1)C(C)(C)C(C)(C)N(C(C)C)C2=O. The van der Waals surface area contributed by atoms with Gasteiger partial charge in [-0.3, -0.25) is 4.79 Å². The van der Waals surface area contributed by atoms with E-state index < -0.39 is 0 Å². The summed E-state index contributed by atoms with van der Waals surface area (Å²) in [6.45, 7) is 16.6. The molecule has 0 aliphatic carbocycles. The molecule has 0 saturated carbocycles. The monoisotopic (exact) mass is 278 g/mol. The molecule has 1 aliphatic rings. The molecule has 0 spiro atoms. The van der Waals surface area contributed by atoms with Crippen LogP contribution in [0.15, 0.2) is 0 Å². The summed E-state index contributed by atoms with van der Waals surface area (Å²) in [5.74, 6) is 1.39. The second-order valence-electron chi connectivity index (χ2n) is 7.25. The van der Waals surface area contributed by atoms with Crippen LogP contribution in [0, 0.1) is 0 Å². The van der Waals surface area contributed by atoms with Gasteiger partial charge >= 0.3 is 0 Å². The van der Waals surface area contributed by atoms with Gasteiger partial charge in [0.25, 0.3) is 5.91 Å². The Balaban J connectivity index is 2.69. The van der Waals surface area contributed by atoms with Crippen molar-refractivity contribution < 1.29 is 4.79 Å². The third-order valence-corrected chi connectivity index (χ3v) is 4.70. The number of aromatic nitrogens is 3. The van der Waals surface area contributed by atoms with Gasteiger partial charge in [0.15, 0.2) is 5.82 Å². The Labute approximate surface area is 121 Å². The summed E-state index contributed by atoms with van der Waals surface area (Å²) in [7, 11) is 0. The van der Waals surface area contributed by atoms with E-state index in [1.807, 2.05) is 37.3 Å². The number of carbonyl (C=O) groups excluding carboxylic acids is 1. The van der Waals surface area contributed by atoms with Crippen molar-refractivity contribution >= 4 is 5.91 Å². The third kappa shape index (κ3) is 1.79. The van der Waals surface area contributed by atoms with E-state index >= 15 is 0 Å². The lowest BCUT2D eigenvalue weighted by Crippen LogP contribution is -2.67. The molecule has 112 valence electrons. The van der Waals surface area contributed by atoms with Crippen LogP contribution in [0.5, 0.6) is 0 Å². The van der Waals surface area contributed by atoms with Gasteiger partial charge in [-0.1, -0.05) is 13.8 Å². The van der Waals surface area contributed by atoms with Crippen LogP contribution in [-0.4, -0.2) is 37.2 Å². The van der Waals surface area contributed by atoms with Gasteiger partial charge in [-0.25, -0.2) is 9.67 Å². The summed E-state index contributed by atoms with van der Waals surface area (Å²) in [6, 6.07) is 0.129. The van der Waals surface area contributed by atoms with Crippen molar-refractivity contribution in [2.75, 3.05) is 0 Å². The van der Waals surface area contributed by atoms with Crippen molar-refractivity contribution in [2.24, 2.45) is 0 Å². The number of rotatable bonds is 2. The minimum absolute atomic E-state index is 0.0243. The van der Waals surface area contributed by atoms with Crippen molar-refractivity contribution in [1.29, 1.82) is 0 Å². The summed E-state index contributed by atoms with van der Waals surface area (Å²) < 4.78 is 1.82. The lowest BCUT2D eigenvalue weighted by atomic mass is 9.78. The minimum Gasteiger partial charge on any atom is -0.326 e. The molecular formula is C15H26N4O. The summed E-state index contributed by atoms with van der Waals surface area (Å²) in [6.07, 6.45) is 0. The number of hydrogen-bond donors (Lipinski definition) is 0. The quantitative estimate of drug-likeness (QED) is 0.836. The van der Waals surface area contributed by atoms with E-state index in [-0.39, 0.29) is 28.9 Å². The zero-order chi connectivity index (χ0) is 15.5. The van der Waals surface area contributed by atoms with Crippen LogP contribution in [-0.2, 0) is 5.54 Å². The van der Waals surface area contributed by atoms with Crippen LogP contribution >= 0.6 is 0 Å². The average Bonchev–Trinajstić information content (AvgIpc) is 2.71. The lowest BCUT2D eigenvalue weighted by molar-refractivity contribution is -0.0199. The molecule has 5 nitrogen and oxygen atoms in total. The molecule has 1 amide bonds. The van der Waals surface area contributed by atoms with Gasteiger partial charge in [-0.2, -0.15) is 5.10 Å². The van der Waals surface area contributed by atoms with Crippen LogP contribution < -0.4 is 0 Å². The molecular weight excluding hydrogens is 252 g/mol. The summed E-state index contributed by atoms with van der Waals surface area (Å²) >= 11 is 0. The van der Waals surface area contributed by atoms with Crippen molar-refractivity contribution in [3.05, 3.63) is 11.6 Å². The second-order valence-corrected chi connectivity index (χ2v) is 7.25. The van der Waals surface area contributed by atoms with Crippen LogP contribution in [0.3, 0.4) is 0 Å². The standard InChI is InChI=1S/C15H26N4O/c1-9(2)11-16-12-13(20)18(10(3)4)14(5,6)15(7,8)19(12)17-11/h9-10H,1-8H3. The molecule has 0 atom stereocenters. The zero-order valence-corrected chi connectivity index (χ0v) is 13.9. The Morgan fingerprint density at radius 2 is 1.55 bits per heavy atom. The fraction of sp³-hybridized carbons (Fsp3) is 0.800. The number of hydrogen-bond acceptors (Lipinski definition) is 3. The molecule has 0 N–H and O–H groups in total. The van der Waals surface area contributed by atoms with Crippen LogP contribution in [0.25, 0.3) is 0 Å². The molecule has 2 heterocycles. The average molecular weight is 278 g/mol. The molecule has 0 unspecified atom stereocenters. The van der Waals surface area contributed by atoms with Crippen LogP contribution in [0.4, 0.5) is 0 Å². The molecule has 1 aromatic rings. The predicted molar refractivity (Wildman–Crippen MR) is 78.8 cm³/mol. The highest BCUT2D eigenvalue weighted by molar-refractivity contribution is 5.92. The first kappa shape index (κ1) is 15.0. The van der Waals surface area contributed by atoms with E-state index in [0.29, 0.717) is 5.82 Å². The summed E-state index contributed by atoms with van der Waals surface area (Å²) in [4.78, 5) is 19.2. The zero-order valence-electron chi connectivity index (χ0n) is 13.9. The number of amides is 1. The number of nitrogens with zero attached hydrogens (tertiary/aromatic N) is 4. The molecule has 1 aromatic heterocycles. The summed E-state index contributed by atoms with van der Waals surface area (Å²) in [5, 5.41) is 4.60. The largest absolute Gasteiger partial charge is 0.326 e. The summed E-state index contributed by atoms with van der Waals surface area (Å²) in [5.41, 5.74) is -0.631. The molecule has 0 aromatic carbocycles. The Kier molecular flexibility index (Phi) is 3.23. The van der Waals surface area contributed by atoms with E-state index in [1.165, 1.54) is 0 Å². The molecule has 20 heavy (non-hydrogen) atoms. The maximum Gasteiger partial charge on any atom is 0.292 e. The highest BCUT2D eigenvalue weighted by atomic mass is 16.2. The fourth-order valence-electron chi connectivity index (χ4n) is 2.90. The first-order chi connectivity index (χ1) is 9.01. The van der Waals surface area contributed by atoms with Gasteiger partial charge in [0.05, 0.1) is 11.1 Å². The van der Waals surface area contributed by atoms with E-state index in [1.54, 1.807) is 0 Å². The topological polar surface area (TPSA) is 51.0 Å². The first-order valence-electron chi connectivity index (χ1n) is 7.33. The maximum absolute atomic E-state index is 12.8. The molecule has 0 saturated heterocycles. The lowest BCUT2D eigenvalue weighted by Gasteiger charge is -2.53. The number of carbonyl (C=O) groups is 1. The van der Waals surface area contributed by atoms with Crippen LogP contribution in [0.1, 0.15) is 77.8 Å². The first-order valence-corrected chi connectivity index (χ1v) is 7.33. The van der Waals surface area contributed by atoms with Crippen molar-refractivity contribution in [3.63, 3.8) is 0 Å². The Hall–Kier alpha value is -1.39. The second kappa shape index (κ2) is 4.30. The van der Waals surface area contributed by atoms with E-state index in [9.17, 15) is 4.79 Å². The van der Waals surface area contributed by atoms with Gasteiger partial charge in [0, 0.05) is 12.0 Å². The van der Waals surface area contributed by atoms with E-state index in [0.717, 1.165) is 5.82 Å². The number of fused-ring (bicyclic) bond motifs is 1. The van der Waals surface area contributed by atoms with Crippen LogP contribution in [0.2, 0.25) is 0 Å². The molecule has 0 fully saturated rings. The van der Waals surface area contributed by atoms with Crippen molar-refractivity contribution in [1.82, 2.24) is 19.7 Å². The molecule has 0 radical (unpaired) electrons. The van der Waals surface area contributed by atoms with Gasteiger partial charge in [-0.05, 0) is 41.5 Å². The highest BCUT2D eigenvalue weighted by Gasteiger charge is 2.53. The highest BCUT2D eigenvalue weighted by Crippen LogP contribution is 2.40. The molecule has 5 heteroatoms. The van der Waals surface area contributed by atoms with Gasteiger partial charge in [0.2, 0.25) is 5.82 Å². The Morgan fingerprint density at radius 3 is 2.00 bits per heavy atom. The van der Waals surface area contributed by atoms with Crippen molar-refractivity contribution in [2.45, 2.75) is 78.4 Å². The van der Waals surface area contributed by atoms with E-state index in [4.69, 9.17) is 0 Å². The Morgan fingerprint density at radius 1 is 1.00 bits per heavy atom. The predicted octanol–water partition coefficient (Wildman–Crippen LogP) is 2.78.